The third-order valence-corrected chi connectivity index (χ3v) is 15.4. The van der Waals surface area contributed by atoms with Gasteiger partial charge in [0.1, 0.15) is 0 Å². The summed E-state index contributed by atoms with van der Waals surface area (Å²) < 4.78 is 18.8. The van der Waals surface area contributed by atoms with Gasteiger partial charge in [0, 0.05) is 54.8 Å². The van der Waals surface area contributed by atoms with Crippen LogP contribution in [0.5, 0.6) is 0 Å². The maximum Gasteiger partial charge on any atom is 0.172 e. The molecule has 9 aromatic carbocycles. The minimum absolute atomic E-state index is 0.605. The molecule has 63 heavy (non-hydrogen) atoms. The van der Waals surface area contributed by atoms with Crippen molar-refractivity contribution in [3.63, 3.8) is 0 Å². The third-order valence-electron chi connectivity index (χ3n) is 12.2. The predicted octanol–water partition coefficient (Wildman–Crippen LogP) is 12.9. The molecule has 3 heterocycles. The molecule has 0 aliphatic carbocycles. The van der Waals surface area contributed by atoms with Crippen LogP contribution in [-0.4, -0.2) is 19.5 Å². The average molecular weight is 825 g/mol. The van der Waals surface area contributed by atoms with Crippen LogP contribution in [0.25, 0.3) is 95.0 Å². The van der Waals surface area contributed by atoms with E-state index in [1.54, 1.807) is 0 Å². The molecule has 0 radical (unpaired) electrons. The molecule has 1 unspecified atom stereocenters. The van der Waals surface area contributed by atoms with E-state index in [1.165, 1.54) is 0 Å². The van der Waals surface area contributed by atoms with E-state index >= 15 is 4.57 Å². The highest BCUT2D eigenvalue weighted by atomic mass is 31.2. The zero-order chi connectivity index (χ0) is 41.9. The summed E-state index contributed by atoms with van der Waals surface area (Å²) in [7, 11) is -3.40. The first-order valence-corrected chi connectivity index (χ1v) is 22.8. The molecule has 0 fully saturated rings. The van der Waals surface area contributed by atoms with Crippen molar-refractivity contribution in [3.8, 4) is 73.4 Å². The summed E-state index contributed by atoms with van der Waals surface area (Å²) in [6, 6.07) is 77.1. The molecule has 1 aliphatic heterocycles. The van der Waals surface area contributed by atoms with Gasteiger partial charge in [0.15, 0.2) is 24.6 Å². The SMILES string of the molecule is O=P1(c2ccc3ccccc3c2)c2ccccc2-c2c(n(-c3cccc(-c4cccc(-c5nc(-c6ccccc6)nc(-c6ccccc6)n5)c4)c3)c3ccccc23)-c2ccccc21. The van der Waals surface area contributed by atoms with E-state index in [-0.39, 0.29) is 0 Å². The molecule has 0 spiro atoms. The maximum atomic E-state index is 16.5. The molecular weight excluding hydrogens is 788 g/mol. The molecule has 6 heteroatoms. The Morgan fingerprint density at radius 1 is 0.381 bits per heavy atom. The van der Waals surface area contributed by atoms with Crippen molar-refractivity contribution in [1.82, 2.24) is 19.5 Å². The van der Waals surface area contributed by atoms with Crippen LogP contribution in [0.15, 0.2) is 224 Å². The second-order valence-electron chi connectivity index (χ2n) is 15.9. The van der Waals surface area contributed by atoms with E-state index in [2.05, 4.69) is 144 Å². The van der Waals surface area contributed by atoms with Gasteiger partial charge < -0.3 is 9.13 Å². The molecule has 0 saturated heterocycles. The Morgan fingerprint density at radius 2 is 0.905 bits per heavy atom. The number of benzene rings is 9. The number of hydrogen-bond acceptors (Lipinski definition) is 4. The lowest BCUT2D eigenvalue weighted by Gasteiger charge is -2.23. The van der Waals surface area contributed by atoms with E-state index < -0.39 is 7.14 Å². The zero-order valence-corrected chi connectivity index (χ0v) is 34.9. The Bertz CT molecular complexity index is 3560. The topological polar surface area (TPSA) is 60.7 Å². The van der Waals surface area contributed by atoms with Crippen LogP contribution in [-0.2, 0) is 4.57 Å². The summed E-state index contributed by atoms with van der Waals surface area (Å²) in [5.74, 6) is 1.85. The highest BCUT2D eigenvalue weighted by Gasteiger charge is 2.40. The van der Waals surface area contributed by atoms with Crippen molar-refractivity contribution in [1.29, 1.82) is 0 Å². The minimum Gasteiger partial charge on any atom is -0.309 e. The Morgan fingerprint density at radius 3 is 1.63 bits per heavy atom. The van der Waals surface area contributed by atoms with Gasteiger partial charge in [-0.2, -0.15) is 0 Å². The maximum absolute atomic E-state index is 16.5. The largest absolute Gasteiger partial charge is 0.309 e. The number of para-hydroxylation sites is 1. The lowest BCUT2D eigenvalue weighted by atomic mass is 9.98. The van der Waals surface area contributed by atoms with Crippen LogP contribution in [0.4, 0.5) is 0 Å². The van der Waals surface area contributed by atoms with Gasteiger partial charge in [-0.15, -0.1) is 0 Å². The van der Waals surface area contributed by atoms with Crippen molar-refractivity contribution >= 4 is 44.7 Å². The number of rotatable bonds is 6. The fraction of sp³-hybridized carbons (Fsp3) is 0. The average Bonchev–Trinajstić information content (AvgIpc) is 3.67. The highest BCUT2D eigenvalue weighted by molar-refractivity contribution is 7.85. The summed E-state index contributed by atoms with van der Waals surface area (Å²) in [6.07, 6.45) is 0. The monoisotopic (exact) mass is 824 g/mol. The van der Waals surface area contributed by atoms with Crippen LogP contribution >= 0.6 is 7.14 Å². The fourth-order valence-electron chi connectivity index (χ4n) is 9.32. The van der Waals surface area contributed by atoms with E-state index in [9.17, 15) is 0 Å². The molecule has 5 nitrogen and oxygen atoms in total. The van der Waals surface area contributed by atoms with Crippen molar-refractivity contribution in [2.24, 2.45) is 0 Å². The second-order valence-corrected chi connectivity index (χ2v) is 18.6. The summed E-state index contributed by atoms with van der Waals surface area (Å²) in [4.78, 5) is 15.0. The van der Waals surface area contributed by atoms with Crippen LogP contribution in [0.3, 0.4) is 0 Å². The van der Waals surface area contributed by atoms with Crippen molar-refractivity contribution in [3.05, 3.63) is 224 Å². The van der Waals surface area contributed by atoms with E-state index in [4.69, 9.17) is 15.0 Å². The second kappa shape index (κ2) is 14.9. The van der Waals surface area contributed by atoms with Gasteiger partial charge in [-0.05, 0) is 57.8 Å². The summed E-state index contributed by atoms with van der Waals surface area (Å²) >= 11 is 0. The van der Waals surface area contributed by atoms with Crippen LogP contribution < -0.4 is 15.9 Å². The number of aromatic nitrogens is 4. The van der Waals surface area contributed by atoms with E-state index in [0.29, 0.717) is 17.5 Å². The first-order valence-electron chi connectivity index (χ1n) is 21.1. The van der Waals surface area contributed by atoms with Gasteiger partial charge in [-0.1, -0.05) is 194 Å². The van der Waals surface area contributed by atoms with Crippen LogP contribution in [0.2, 0.25) is 0 Å². The molecule has 12 rings (SSSR count). The van der Waals surface area contributed by atoms with Gasteiger partial charge in [-0.25, -0.2) is 15.0 Å². The molecule has 2 aromatic heterocycles. The highest BCUT2D eigenvalue weighted by Crippen LogP contribution is 2.54. The molecule has 0 N–H and O–H groups in total. The van der Waals surface area contributed by atoms with Gasteiger partial charge >= 0.3 is 0 Å². The normalized spacial score (nSPS) is 14.2. The van der Waals surface area contributed by atoms with Crippen LogP contribution in [0.1, 0.15) is 0 Å². The molecule has 1 atom stereocenters. The number of hydrogen-bond donors (Lipinski definition) is 0. The molecule has 1 aliphatic rings. The quantitative estimate of drug-likeness (QED) is 0.157. The predicted molar refractivity (Wildman–Crippen MR) is 260 cm³/mol. The lowest BCUT2D eigenvalue weighted by molar-refractivity contribution is 0.592. The summed E-state index contributed by atoms with van der Waals surface area (Å²) in [6.45, 7) is 0. The Labute approximate surface area is 365 Å². The van der Waals surface area contributed by atoms with Crippen molar-refractivity contribution in [2.45, 2.75) is 0 Å². The zero-order valence-electron chi connectivity index (χ0n) is 34.0. The molecule has 296 valence electrons. The lowest BCUT2D eigenvalue weighted by Crippen LogP contribution is -2.26. The molecular formula is C57H37N4OP. The van der Waals surface area contributed by atoms with Gasteiger partial charge in [0.05, 0.1) is 11.2 Å². The molecule has 11 aromatic rings. The summed E-state index contributed by atoms with van der Waals surface area (Å²) in [5, 5.41) is 5.81. The number of nitrogens with zero attached hydrogens (tertiary/aromatic N) is 4. The van der Waals surface area contributed by atoms with Gasteiger partial charge in [-0.3, -0.25) is 0 Å². The standard InChI is InChI=1S/C57H37N4OP/c62-63(46-34-33-38-17-7-8-22-43(38)37-46)51-31-13-10-28-48(51)53-47-27-9-12-30-50(47)61(54(53)49-29-11-14-32-52(49)63)45-26-16-24-42(36-45)41-23-15-25-44(35-41)57-59-55(39-18-3-1-4-19-39)58-56(60-57)40-20-5-2-6-21-40/h1-37H. The van der Waals surface area contributed by atoms with Crippen molar-refractivity contribution < 1.29 is 4.57 Å². The first kappa shape index (κ1) is 36.8. The van der Waals surface area contributed by atoms with E-state index in [0.717, 1.165) is 93.5 Å². The summed E-state index contributed by atoms with van der Waals surface area (Å²) in [5.41, 5.74) is 11.0. The van der Waals surface area contributed by atoms with Crippen molar-refractivity contribution in [2.75, 3.05) is 0 Å². The first-order chi connectivity index (χ1) is 31.1. The molecule has 0 bridgehead atoms. The molecule has 0 amide bonds. The minimum atomic E-state index is -3.40. The Hall–Kier alpha value is -7.98. The van der Waals surface area contributed by atoms with E-state index in [1.807, 2.05) is 84.9 Å². The molecule has 0 saturated carbocycles. The van der Waals surface area contributed by atoms with Gasteiger partial charge in [0.2, 0.25) is 0 Å². The smallest absolute Gasteiger partial charge is 0.172 e. The fourth-order valence-corrected chi connectivity index (χ4v) is 12.4. The third kappa shape index (κ3) is 6.08. The van der Waals surface area contributed by atoms with Crippen LogP contribution in [0, 0.1) is 0 Å². The number of fused-ring (bicyclic) bond motifs is 8. The Balaban J connectivity index is 1.04. The Kier molecular flexibility index (Phi) is 8.70. The van der Waals surface area contributed by atoms with Gasteiger partial charge in [0.25, 0.3) is 0 Å².